The average Bonchev–Trinajstić information content (AvgIpc) is 3.34. The second-order valence-corrected chi connectivity index (χ2v) is 8.14. The number of allylic oxidation sites excluding steroid dienone is 1. The third-order valence-corrected chi connectivity index (χ3v) is 6.09. The molecule has 2 aromatic heterocycles. The first-order valence-corrected chi connectivity index (χ1v) is 10.5. The first-order chi connectivity index (χ1) is 15.3. The number of hydrogen-bond donors (Lipinski definition) is 0. The Balaban J connectivity index is 1.93. The molecular weight excluding hydrogens is 432 g/mol. The fourth-order valence-corrected chi connectivity index (χ4v) is 4.61. The van der Waals surface area contributed by atoms with Gasteiger partial charge in [-0.15, -0.1) is 0 Å². The van der Waals surface area contributed by atoms with Gasteiger partial charge in [-0.05, 0) is 43.7 Å². The van der Waals surface area contributed by atoms with E-state index in [1.807, 2.05) is 13.0 Å². The molecule has 1 aromatic carbocycles. The lowest BCUT2D eigenvalue weighted by atomic mass is 9.95. The monoisotopic (exact) mass is 452 g/mol. The minimum atomic E-state index is -0.758. The van der Waals surface area contributed by atoms with Crippen molar-refractivity contribution in [1.82, 2.24) is 4.57 Å². The van der Waals surface area contributed by atoms with E-state index in [-0.39, 0.29) is 11.1 Å². The van der Waals surface area contributed by atoms with E-state index in [0.717, 1.165) is 5.76 Å². The highest BCUT2D eigenvalue weighted by molar-refractivity contribution is 7.07. The Labute approximate surface area is 186 Å². The molecule has 0 aliphatic carbocycles. The van der Waals surface area contributed by atoms with Gasteiger partial charge in [-0.3, -0.25) is 9.36 Å². The number of ether oxygens (including phenoxy) is 2. The summed E-state index contributed by atoms with van der Waals surface area (Å²) in [5.41, 5.74) is 1.40. The summed E-state index contributed by atoms with van der Waals surface area (Å²) in [6.45, 7) is 3.53. The molecule has 4 rings (SSSR count). The van der Waals surface area contributed by atoms with Crippen molar-refractivity contribution in [2.45, 2.75) is 19.9 Å². The van der Waals surface area contributed by atoms with Gasteiger partial charge in [0, 0.05) is 6.08 Å². The van der Waals surface area contributed by atoms with E-state index in [9.17, 15) is 14.4 Å². The van der Waals surface area contributed by atoms with Crippen LogP contribution in [0.2, 0.25) is 0 Å². The maximum absolute atomic E-state index is 13.4. The molecule has 3 aromatic rings. The van der Waals surface area contributed by atoms with Crippen molar-refractivity contribution in [3.05, 3.63) is 90.0 Å². The van der Waals surface area contributed by atoms with E-state index in [1.54, 1.807) is 43.3 Å². The molecule has 1 aliphatic rings. The predicted molar refractivity (Wildman–Crippen MR) is 117 cm³/mol. The van der Waals surface area contributed by atoms with Gasteiger partial charge in [0.25, 0.3) is 5.56 Å². The zero-order valence-electron chi connectivity index (χ0n) is 17.9. The molecule has 164 valence electrons. The van der Waals surface area contributed by atoms with Crippen LogP contribution in [0.25, 0.3) is 6.08 Å². The summed E-state index contributed by atoms with van der Waals surface area (Å²) in [7, 11) is 2.58. The molecule has 0 N–H and O–H groups in total. The van der Waals surface area contributed by atoms with Crippen LogP contribution in [0.4, 0.5) is 0 Å². The molecule has 1 aliphatic heterocycles. The SMILES string of the molecule is COC(=O)C1=C(C)N=c2sc(=Cc3ccc(C)o3)c(=O)n2C1c1ccc(C(=O)OC)cc1. The zero-order chi connectivity index (χ0) is 23.0. The van der Waals surface area contributed by atoms with Gasteiger partial charge in [-0.2, -0.15) is 0 Å². The second kappa shape index (κ2) is 8.43. The van der Waals surface area contributed by atoms with Crippen LogP contribution in [0.1, 0.15) is 40.4 Å². The summed E-state index contributed by atoms with van der Waals surface area (Å²) < 4.78 is 17.2. The van der Waals surface area contributed by atoms with Gasteiger partial charge in [0.05, 0.1) is 41.6 Å². The zero-order valence-corrected chi connectivity index (χ0v) is 18.7. The largest absolute Gasteiger partial charge is 0.466 e. The van der Waals surface area contributed by atoms with E-state index in [4.69, 9.17) is 13.9 Å². The number of carbonyl (C=O) groups excluding carboxylic acids is 2. The van der Waals surface area contributed by atoms with E-state index >= 15 is 0 Å². The molecule has 1 unspecified atom stereocenters. The van der Waals surface area contributed by atoms with Gasteiger partial charge in [-0.1, -0.05) is 23.5 Å². The molecule has 3 heterocycles. The Kier molecular flexibility index (Phi) is 5.67. The lowest BCUT2D eigenvalue weighted by Gasteiger charge is -2.24. The van der Waals surface area contributed by atoms with Crippen molar-refractivity contribution in [3.63, 3.8) is 0 Å². The predicted octanol–water partition coefficient (Wildman–Crippen LogP) is 2.10. The van der Waals surface area contributed by atoms with Gasteiger partial charge in [0.15, 0.2) is 4.80 Å². The van der Waals surface area contributed by atoms with Crippen LogP contribution in [-0.4, -0.2) is 30.7 Å². The molecule has 8 nitrogen and oxygen atoms in total. The summed E-state index contributed by atoms with van der Waals surface area (Å²) in [5.74, 6) is 0.227. The van der Waals surface area contributed by atoms with Gasteiger partial charge < -0.3 is 13.9 Å². The van der Waals surface area contributed by atoms with Gasteiger partial charge in [0.2, 0.25) is 0 Å². The van der Waals surface area contributed by atoms with Crippen molar-refractivity contribution in [2.24, 2.45) is 4.99 Å². The Morgan fingerprint density at radius 2 is 1.75 bits per heavy atom. The van der Waals surface area contributed by atoms with Crippen LogP contribution >= 0.6 is 11.3 Å². The van der Waals surface area contributed by atoms with Crippen molar-refractivity contribution in [3.8, 4) is 0 Å². The third-order valence-electron chi connectivity index (χ3n) is 5.11. The third kappa shape index (κ3) is 3.71. The molecule has 0 radical (unpaired) electrons. The van der Waals surface area contributed by atoms with Crippen LogP contribution in [-0.2, 0) is 14.3 Å². The fraction of sp³-hybridized carbons (Fsp3) is 0.217. The van der Waals surface area contributed by atoms with Crippen molar-refractivity contribution in [2.75, 3.05) is 14.2 Å². The number of nitrogens with zero attached hydrogens (tertiary/aromatic N) is 2. The van der Waals surface area contributed by atoms with E-state index < -0.39 is 18.0 Å². The first-order valence-electron chi connectivity index (χ1n) is 9.69. The molecular formula is C23H20N2O6S. The minimum Gasteiger partial charge on any atom is -0.466 e. The number of fused-ring (bicyclic) bond motifs is 1. The average molecular weight is 452 g/mol. The Morgan fingerprint density at radius 1 is 1.06 bits per heavy atom. The molecule has 0 saturated carbocycles. The highest BCUT2D eigenvalue weighted by Crippen LogP contribution is 2.30. The van der Waals surface area contributed by atoms with E-state index in [1.165, 1.54) is 30.1 Å². The quantitative estimate of drug-likeness (QED) is 0.562. The molecule has 0 bridgehead atoms. The van der Waals surface area contributed by atoms with Crippen molar-refractivity contribution in [1.29, 1.82) is 0 Å². The highest BCUT2D eigenvalue weighted by Gasteiger charge is 2.33. The number of hydrogen-bond acceptors (Lipinski definition) is 8. The van der Waals surface area contributed by atoms with E-state index in [0.29, 0.717) is 31.9 Å². The van der Waals surface area contributed by atoms with Crippen LogP contribution in [0.15, 0.2) is 61.9 Å². The highest BCUT2D eigenvalue weighted by atomic mass is 32.1. The summed E-state index contributed by atoms with van der Waals surface area (Å²) in [6.07, 6.45) is 1.66. The number of aryl methyl sites for hydroxylation is 1. The topological polar surface area (TPSA) is 100 Å². The Hall–Kier alpha value is -3.72. The molecule has 32 heavy (non-hydrogen) atoms. The molecule has 9 heteroatoms. The number of methoxy groups -OCH3 is 2. The first kappa shape index (κ1) is 21.5. The van der Waals surface area contributed by atoms with Crippen molar-refractivity contribution >= 4 is 29.4 Å². The Morgan fingerprint density at radius 3 is 2.34 bits per heavy atom. The van der Waals surface area contributed by atoms with Crippen molar-refractivity contribution < 1.29 is 23.5 Å². The Bertz CT molecular complexity index is 1420. The normalized spacial score (nSPS) is 15.9. The summed E-state index contributed by atoms with van der Waals surface area (Å²) in [4.78, 5) is 42.8. The standard InChI is InChI=1S/C23H20N2O6S/c1-12-5-10-16(31-12)11-17-20(26)25-19(14-6-8-15(9-7-14)21(27)29-3)18(22(28)30-4)13(2)24-23(25)32-17/h5-11,19H,1-4H3. The van der Waals surface area contributed by atoms with E-state index in [2.05, 4.69) is 4.99 Å². The number of benzene rings is 1. The number of furan rings is 1. The molecule has 0 fully saturated rings. The molecule has 0 amide bonds. The lowest BCUT2D eigenvalue weighted by Crippen LogP contribution is -2.39. The maximum Gasteiger partial charge on any atom is 0.338 e. The second-order valence-electron chi connectivity index (χ2n) is 7.14. The lowest BCUT2D eigenvalue weighted by molar-refractivity contribution is -0.136. The van der Waals surface area contributed by atoms with Gasteiger partial charge >= 0.3 is 11.9 Å². The number of carbonyl (C=O) groups is 2. The summed E-state index contributed by atoms with van der Waals surface area (Å²) >= 11 is 1.21. The van der Waals surface area contributed by atoms with Crippen LogP contribution in [0.3, 0.4) is 0 Å². The van der Waals surface area contributed by atoms with Gasteiger partial charge in [0.1, 0.15) is 11.5 Å². The maximum atomic E-state index is 13.4. The summed E-state index contributed by atoms with van der Waals surface area (Å²) in [6, 6.07) is 9.39. The summed E-state index contributed by atoms with van der Waals surface area (Å²) in [5, 5.41) is 0. The minimum absolute atomic E-state index is 0.256. The molecule has 1 atom stereocenters. The smallest absolute Gasteiger partial charge is 0.338 e. The fourth-order valence-electron chi connectivity index (χ4n) is 3.59. The number of esters is 2. The van der Waals surface area contributed by atoms with Gasteiger partial charge in [-0.25, -0.2) is 14.6 Å². The molecule has 0 spiro atoms. The van der Waals surface area contributed by atoms with Crippen LogP contribution < -0.4 is 14.9 Å². The number of thiazole rings is 1. The number of aromatic nitrogens is 1. The van der Waals surface area contributed by atoms with Crippen LogP contribution in [0.5, 0.6) is 0 Å². The van der Waals surface area contributed by atoms with Crippen LogP contribution in [0, 0.1) is 6.92 Å². The molecule has 0 saturated heterocycles. The number of rotatable bonds is 4.